The van der Waals surface area contributed by atoms with Crippen molar-refractivity contribution in [2.24, 2.45) is 0 Å². The number of nitrogens with one attached hydrogen (secondary N) is 3. The first-order valence-corrected chi connectivity index (χ1v) is 8.12. The number of rotatable bonds is 6. The number of aromatic nitrogens is 2. The number of halogens is 2. The predicted octanol–water partition coefficient (Wildman–Crippen LogP) is 1.15. The van der Waals surface area contributed by atoms with E-state index >= 15 is 0 Å². The molecule has 7 nitrogen and oxygen atoms in total. The van der Waals surface area contributed by atoms with Crippen LogP contribution in [0.1, 0.15) is 10.4 Å². The van der Waals surface area contributed by atoms with Gasteiger partial charge in [0.25, 0.3) is 5.91 Å². The number of nitrogens with zero attached hydrogens (tertiary/aromatic N) is 1. The van der Waals surface area contributed by atoms with Gasteiger partial charge in [0, 0.05) is 24.7 Å². The van der Waals surface area contributed by atoms with Crippen molar-refractivity contribution in [2.45, 2.75) is 6.54 Å². The van der Waals surface area contributed by atoms with E-state index in [-0.39, 0.29) is 30.9 Å². The summed E-state index contributed by atoms with van der Waals surface area (Å²) in [4.78, 5) is 38.3. The first-order valence-electron chi connectivity index (χ1n) is 8.12. The van der Waals surface area contributed by atoms with E-state index in [1.54, 1.807) is 24.3 Å². The largest absolute Gasteiger partial charge is 0.353 e. The molecule has 0 saturated carbocycles. The summed E-state index contributed by atoms with van der Waals surface area (Å²) >= 11 is 0. The predicted molar refractivity (Wildman–Crippen MR) is 94.3 cm³/mol. The average molecular weight is 374 g/mol. The Kier molecular flexibility index (Phi) is 5.30. The molecule has 0 radical (unpaired) electrons. The summed E-state index contributed by atoms with van der Waals surface area (Å²) in [5.41, 5.74) is 0.916. The maximum atomic E-state index is 13.1. The highest BCUT2D eigenvalue weighted by Gasteiger charge is 2.11. The molecular weight excluding hydrogens is 358 g/mol. The van der Waals surface area contributed by atoms with Gasteiger partial charge in [0.2, 0.25) is 5.91 Å². The van der Waals surface area contributed by atoms with Gasteiger partial charge >= 0.3 is 5.69 Å². The van der Waals surface area contributed by atoms with Crippen molar-refractivity contribution in [3.05, 3.63) is 70.1 Å². The fourth-order valence-electron chi connectivity index (χ4n) is 2.65. The molecule has 3 rings (SSSR count). The minimum atomic E-state index is -0.881. The highest BCUT2D eigenvalue weighted by Crippen LogP contribution is 2.08. The van der Waals surface area contributed by atoms with E-state index in [1.165, 1.54) is 4.57 Å². The molecule has 1 aromatic heterocycles. The van der Waals surface area contributed by atoms with Crippen LogP contribution >= 0.6 is 0 Å². The Labute approximate surface area is 152 Å². The van der Waals surface area contributed by atoms with Crippen LogP contribution in [0.5, 0.6) is 0 Å². The van der Waals surface area contributed by atoms with Gasteiger partial charge in [0.05, 0.1) is 17.6 Å². The van der Waals surface area contributed by atoms with Gasteiger partial charge in [-0.2, -0.15) is 0 Å². The van der Waals surface area contributed by atoms with Crippen LogP contribution < -0.4 is 16.3 Å². The number of hydrogen-bond donors (Lipinski definition) is 3. The van der Waals surface area contributed by atoms with Crippen LogP contribution in [0.3, 0.4) is 0 Å². The third-order valence-electron chi connectivity index (χ3n) is 3.87. The molecule has 27 heavy (non-hydrogen) atoms. The number of aromatic amines is 1. The molecule has 0 aliphatic rings. The van der Waals surface area contributed by atoms with Crippen molar-refractivity contribution < 1.29 is 18.4 Å². The van der Waals surface area contributed by atoms with E-state index in [0.29, 0.717) is 11.6 Å². The number of para-hydroxylation sites is 2. The van der Waals surface area contributed by atoms with Gasteiger partial charge in [-0.3, -0.25) is 14.2 Å². The number of amides is 2. The Balaban J connectivity index is 1.50. The Hall–Kier alpha value is -3.49. The molecule has 9 heteroatoms. The van der Waals surface area contributed by atoms with Gasteiger partial charge in [0.15, 0.2) is 0 Å². The van der Waals surface area contributed by atoms with E-state index in [1.807, 2.05) is 0 Å². The van der Waals surface area contributed by atoms with Gasteiger partial charge in [-0.1, -0.05) is 12.1 Å². The zero-order chi connectivity index (χ0) is 19.4. The number of carbonyl (C=O) groups is 2. The summed E-state index contributed by atoms with van der Waals surface area (Å²) in [6, 6.07) is 9.56. The first kappa shape index (κ1) is 18.3. The summed E-state index contributed by atoms with van der Waals surface area (Å²) in [6.45, 7) is 0.0580. The molecule has 0 spiro atoms. The average Bonchev–Trinajstić information content (AvgIpc) is 2.94. The van der Waals surface area contributed by atoms with Crippen molar-refractivity contribution in [3.8, 4) is 0 Å². The highest BCUT2D eigenvalue weighted by atomic mass is 19.1. The summed E-state index contributed by atoms with van der Waals surface area (Å²) in [5, 5.41) is 4.85. The van der Waals surface area contributed by atoms with Crippen LogP contribution in [0.25, 0.3) is 11.0 Å². The van der Waals surface area contributed by atoms with E-state index < -0.39 is 23.4 Å². The molecular formula is C18H16F2N4O3. The molecule has 0 unspecified atom stereocenters. The van der Waals surface area contributed by atoms with Crippen LogP contribution in [-0.2, 0) is 11.3 Å². The van der Waals surface area contributed by atoms with Gasteiger partial charge in [-0.15, -0.1) is 0 Å². The van der Waals surface area contributed by atoms with Gasteiger partial charge in [-0.25, -0.2) is 13.6 Å². The maximum absolute atomic E-state index is 13.1. The Morgan fingerprint density at radius 3 is 2.48 bits per heavy atom. The van der Waals surface area contributed by atoms with Gasteiger partial charge < -0.3 is 15.6 Å². The molecule has 3 aromatic rings. The summed E-state index contributed by atoms with van der Waals surface area (Å²) < 4.78 is 27.7. The number of fused-ring (bicyclic) bond motifs is 1. The zero-order valence-corrected chi connectivity index (χ0v) is 14.1. The Morgan fingerprint density at radius 1 is 1.04 bits per heavy atom. The van der Waals surface area contributed by atoms with E-state index in [9.17, 15) is 23.2 Å². The molecule has 0 bridgehead atoms. The van der Waals surface area contributed by atoms with Crippen LogP contribution in [0.2, 0.25) is 0 Å². The lowest BCUT2D eigenvalue weighted by atomic mass is 10.2. The smallest absolute Gasteiger partial charge is 0.326 e. The molecule has 2 amide bonds. The summed E-state index contributed by atoms with van der Waals surface area (Å²) in [7, 11) is 0. The van der Waals surface area contributed by atoms with Crippen LogP contribution in [0, 0.1) is 11.6 Å². The van der Waals surface area contributed by atoms with E-state index in [4.69, 9.17) is 0 Å². The molecule has 0 saturated heterocycles. The number of benzene rings is 2. The maximum Gasteiger partial charge on any atom is 0.326 e. The lowest BCUT2D eigenvalue weighted by Gasteiger charge is -2.08. The molecule has 2 aromatic carbocycles. The van der Waals surface area contributed by atoms with Crippen molar-refractivity contribution >= 4 is 22.8 Å². The number of H-pyrrole nitrogens is 1. The normalized spacial score (nSPS) is 10.7. The van der Waals surface area contributed by atoms with Crippen LogP contribution in [0.15, 0.2) is 47.3 Å². The second-order valence-corrected chi connectivity index (χ2v) is 5.79. The zero-order valence-electron chi connectivity index (χ0n) is 14.1. The molecule has 1 heterocycles. The van der Waals surface area contributed by atoms with Crippen LogP contribution in [0.4, 0.5) is 8.78 Å². The quantitative estimate of drug-likeness (QED) is 0.604. The molecule has 0 aliphatic heterocycles. The number of carbonyl (C=O) groups excluding carboxylic acids is 2. The highest BCUT2D eigenvalue weighted by molar-refractivity contribution is 5.96. The number of hydrogen-bond acceptors (Lipinski definition) is 3. The van der Waals surface area contributed by atoms with E-state index in [2.05, 4.69) is 15.6 Å². The molecule has 140 valence electrons. The van der Waals surface area contributed by atoms with Crippen molar-refractivity contribution in [1.29, 1.82) is 0 Å². The molecule has 0 atom stereocenters. The molecule has 3 N–H and O–H groups in total. The second kappa shape index (κ2) is 7.81. The minimum Gasteiger partial charge on any atom is -0.353 e. The van der Waals surface area contributed by atoms with Crippen molar-refractivity contribution in [3.63, 3.8) is 0 Å². The van der Waals surface area contributed by atoms with Crippen LogP contribution in [-0.4, -0.2) is 34.5 Å². The fraction of sp³-hybridized carbons (Fsp3) is 0.167. The van der Waals surface area contributed by atoms with Crippen molar-refractivity contribution in [1.82, 2.24) is 20.2 Å². The minimum absolute atomic E-state index is 0.172. The lowest BCUT2D eigenvalue weighted by molar-refractivity contribution is -0.120. The number of imidazole rings is 1. The summed E-state index contributed by atoms with van der Waals surface area (Å²) in [5.74, 6) is -3.02. The fourth-order valence-corrected chi connectivity index (χ4v) is 2.65. The third-order valence-corrected chi connectivity index (χ3v) is 3.87. The lowest BCUT2D eigenvalue weighted by Crippen LogP contribution is -2.38. The van der Waals surface area contributed by atoms with Crippen molar-refractivity contribution in [2.75, 3.05) is 13.1 Å². The Bertz CT molecular complexity index is 1040. The SMILES string of the molecule is O=C(CNC(=O)c1cc(F)cc(F)c1)NCCn1c(=O)[nH]c2ccccc21. The molecule has 0 aliphatic carbocycles. The molecule has 0 fully saturated rings. The summed E-state index contributed by atoms with van der Waals surface area (Å²) in [6.07, 6.45) is 0. The monoisotopic (exact) mass is 374 g/mol. The standard InChI is InChI=1S/C18H16F2N4O3/c19-12-7-11(8-13(20)9-12)17(26)22-10-16(25)21-5-6-24-15-4-2-1-3-14(15)23-18(24)27/h1-4,7-9H,5-6,10H2,(H,21,25)(H,22,26)(H,23,27). The topological polar surface area (TPSA) is 96.0 Å². The third kappa shape index (κ3) is 4.38. The van der Waals surface area contributed by atoms with E-state index in [0.717, 1.165) is 17.6 Å². The second-order valence-electron chi connectivity index (χ2n) is 5.79. The Morgan fingerprint density at radius 2 is 1.74 bits per heavy atom. The van der Waals surface area contributed by atoms with Gasteiger partial charge in [-0.05, 0) is 24.3 Å². The first-order chi connectivity index (χ1) is 12.9. The van der Waals surface area contributed by atoms with Gasteiger partial charge in [0.1, 0.15) is 11.6 Å².